The molecule has 0 saturated carbocycles. The van der Waals surface area contributed by atoms with E-state index in [0.29, 0.717) is 17.5 Å². The molecule has 0 bridgehead atoms. The molecular weight excluding hydrogens is 791 g/mol. The van der Waals surface area contributed by atoms with E-state index in [4.69, 9.17) is 19.4 Å². The molecule has 12 aromatic rings. The first-order valence-corrected chi connectivity index (χ1v) is 21.9. The summed E-state index contributed by atoms with van der Waals surface area (Å²) >= 11 is 0. The second-order valence-corrected chi connectivity index (χ2v) is 16.3. The Morgan fingerprint density at radius 2 is 0.646 bits per heavy atom. The van der Waals surface area contributed by atoms with E-state index >= 15 is 0 Å². The van der Waals surface area contributed by atoms with Crippen molar-refractivity contribution in [3.63, 3.8) is 0 Å². The number of furan rings is 1. The van der Waals surface area contributed by atoms with E-state index in [0.717, 1.165) is 83.1 Å². The van der Waals surface area contributed by atoms with Crippen LogP contribution in [0.2, 0.25) is 0 Å². The van der Waals surface area contributed by atoms with Crippen LogP contribution in [0.1, 0.15) is 0 Å². The molecule has 0 spiro atoms. The molecule has 12 rings (SSSR count). The van der Waals surface area contributed by atoms with E-state index in [1.165, 1.54) is 21.9 Å². The zero-order chi connectivity index (χ0) is 43.1. The van der Waals surface area contributed by atoms with Gasteiger partial charge in [-0.2, -0.15) is 0 Å². The van der Waals surface area contributed by atoms with Gasteiger partial charge in [-0.3, -0.25) is 0 Å². The van der Waals surface area contributed by atoms with Crippen LogP contribution in [-0.4, -0.2) is 15.0 Å². The summed E-state index contributed by atoms with van der Waals surface area (Å²) in [5.74, 6) is 1.86. The number of hydrogen-bond donors (Lipinski definition) is 0. The number of rotatable bonds is 8. The second kappa shape index (κ2) is 16.2. The fourth-order valence-electron chi connectivity index (χ4n) is 9.12. The van der Waals surface area contributed by atoms with Crippen LogP contribution in [0, 0.1) is 0 Å². The van der Waals surface area contributed by atoms with Crippen molar-refractivity contribution in [3.05, 3.63) is 237 Å². The van der Waals surface area contributed by atoms with Gasteiger partial charge in [0.05, 0.1) is 0 Å². The predicted octanol–water partition coefficient (Wildman–Crippen LogP) is 16.3. The molecule has 2 aromatic heterocycles. The second-order valence-electron chi connectivity index (χ2n) is 16.3. The SMILES string of the molecule is c1ccc(-c2cccc(-c3nc(-c4ccc(-c5ccc(-c6ccc(-c7ccc8c(c7)oc7ccccc78)cc6)c6ccccc56)cc4)nc(-c4ccccc4-c4ccccc4)n3)c2)cc1. The van der Waals surface area contributed by atoms with Gasteiger partial charge in [0, 0.05) is 27.5 Å². The van der Waals surface area contributed by atoms with Gasteiger partial charge in [-0.25, -0.2) is 15.0 Å². The molecule has 0 aliphatic carbocycles. The van der Waals surface area contributed by atoms with Crippen LogP contribution in [0.3, 0.4) is 0 Å². The normalized spacial score (nSPS) is 11.4. The minimum atomic E-state index is 0.616. The predicted molar refractivity (Wildman–Crippen MR) is 268 cm³/mol. The zero-order valence-corrected chi connectivity index (χ0v) is 35.3. The lowest BCUT2D eigenvalue weighted by molar-refractivity contribution is 0.669. The topological polar surface area (TPSA) is 51.8 Å². The standard InChI is InChI=1S/C61H39N3O/c1-3-14-40(15-4-1)46-18-13-19-48(38-46)60-62-59(63-61(64-60)56-24-10-7-20-49(56)42-16-5-2-6-17-42)45-32-30-44(31-33-45)51-37-36-50(52-21-8-9-22-53(51)52)43-28-26-41(27-29-43)47-34-35-55-54-23-11-12-25-57(54)65-58(55)39-47/h1-39H. The molecule has 4 heteroatoms. The van der Waals surface area contributed by atoms with E-state index in [9.17, 15) is 0 Å². The summed E-state index contributed by atoms with van der Waals surface area (Å²) in [6, 6.07) is 83.0. The maximum absolute atomic E-state index is 6.20. The molecule has 0 aliphatic heterocycles. The molecule has 4 nitrogen and oxygen atoms in total. The van der Waals surface area contributed by atoms with Gasteiger partial charge >= 0.3 is 0 Å². The highest BCUT2D eigenvalue weighted by molar-refractivity contribution is 6.07. The van der Waals surface area contributed by atoms with E-state index in [2.05, 4.69) is 206 Å². The first-order chi connectivity index (χ1) is 32.2. The van der Waals surface area contributed by atoms with Crippen molar-refractivity contribution in [2.45, 2.75) is 0 Å². The molecule has 0 aliphatic rings. The lowest BCUT2D eigenvalue weighted by Gasteiger charge is -2.14. The number of fused-ring (bicyclic) bond motifs is 4. The summed E-state index contributed by atoms with van der Waals surface area (Å²) in [5.41, 5.74) is 15.9. The van der Waals surface area contributed by atoms with Gasteiger partial charge in [0.2, 0.25) is 0 Å². The third-order valence-electron chi connectivity index (χ3n) is 12.4. The van der Waals surface area contributed by atoms with E-state index < -0.39 is 0 Å². The smallest absolute Gasteiger partial charge is 0.164 e. The molecular formula is C61H39N3O. The van der Waals surface area contributed by atoms with Gasteiger partial charge in [0.15, 0.2) is 17.5 Å². The Morgan fingerprint density at radius 1 is 0.215 bits per heavy atom. The zero-order valence-electron chi connectivity index (χ0n) is 35.3. The molecule has 304 valence electrons. The van der Waals surface area contributed by atoms with Crippen molar-refractivity contribution in [3.8, 4) is 89.8 Å². The average Bonchev–Trinajstić information content (AvgIpc) is 3.77. The molecule has 2 heterocycles. The number of benzene rings is 10. The van der Waals surface area contributed by atoms with E-state index in [1.807, 2.05) is 30.3 Å². The Bertz CT molecular complexity index is 3690. The Labute approximate surface area is 376 Å². The van der Waals surface area contributed by atoms with Crippen LogP contribution in [-0.2, 0) is 0 Å². The molecule has 10 aromatic carbocycles. The molecule has 65 heavy (non-hydrogen) atoms. The monoisotopic (exact) mass is 829 g/mol. The van der Waals surface area contributed by atoms with Crippen LogP contribution in [0.15, 0.2) is 241 Å². The lowest BCUT2D eigenvalue weighted by Crippen LogP contribution is -2.01. The molecule has 0 unspecified atom stereocenters. The highest BCUT2D eigenvalue weighted by Crippen LogP contribution is 2.39. The quantitative estimate of drug-likeness (QED) is 0.153. The van der Waals surface area contributed by atoms with Gasteiger partial charge < -0.3 is 4.42 Å². The number of hydrogen-bond acceptors (Lipinski definition) is 4. The van der Waals surface area contributed by atoms with Crippen molar-refractivity contribution in [2.75, 3.05) is 0 Å². The Morgan fingerprint density at radius 3 is 1.34 bits per heavy atom. The summed E-state index contributed by atoms with van der Waals surface area (Å²) < 4.78 is 6.20. The van der Waals surface area contributed by atoms with Gasteiger partial charge in [-0.05, 0) is 90.7 Å². The summed E-state index contributed by atoms with van der Waals surface area (Å²) in [6.07, 6.45) is 0. The van der Waals surface area contributed by atoms with Crippen molar-refractivity contribution in [2.24, 2.45) is 0 Å². The molecule has 0 atom stereocenters. The third-order valence-corrected chi connectivity index (χ3v) is 12.4. The Hall–Kier alpha value is -8.73. The molecule has 0 radical (unpaired) electrons. The fraction of sp³-hybridized carbons (Fsp3) is 0. The van der Waals surface area contributed by atoms with Crippen LogP contribution in [0.25, 0.3) is 123 Å². The van der Waals surface area contributed by atoms with Gasteiger partial charge in [0.1, 0.15) is 11.2 Å². The van der Waals surface area contributed by atoms with Gasteiger partial charge in [-0.15, -0.1) is 0 Å². The maximum Gasteiger partial charge on any atom is 0.164 e. The number of aromatic nitrogens is 3. The summed E-state index contributed by atoms with van der Waals surface area (Å²) in [4.78, 5) is 15.5. The molecule has 0 fully saturated rings. The van der Waals surface area contributed by atoms with Crippen molar-refractivity contribution >= 4 is 32.7 Å². The highest BCUT2D eigenvalue weighted by atomic mass is 16.3. The number of para-hydroxylation sites is 1. The minimum absolute atomic E-state index is 0.616. The van der Waals surface area contributed by atoms with Crippen LogP contribution >= 0.6 is 0 Å². The summed E-state index contributed by atoms with van der Waals surface area (Å²) in [6.45, 7) is 0. The van der Waals surface area contributed by atoms with Crippen LogP contribution < -0.4 is 0 Å². The first-order valence-electron chi connectivity index (χ1n) is 21.9. The maximum atomic E-state index is 6.20. The first kappa shape index (κ1) is 38.0. The van der Waals surface area contributed by atoms with Crippen molar-refractivity contribution < 1.29 is 4.42 Å². The number of nitrogens with zero attached hydrogens (tertiary/aromatic N) is 3. The third kappa shape index (κ3) is 7.13. The van der Waals surface area contributed by atoms with Gasteiger partial charge in [-0.1, -0.05) is 212 Å². The Balaban J connectivity index is 0.897. The highest BCUT2D eigenvalue weighted by Gasteiger charge is 2.17. The van der Waals surface area contributed by atoms with E-state index in [-0.39, 0.29) is 0 Å². The van der Waals surface area contributed by atoms with Crippen molar-refractivity contribution in [1.29, 1.82) is 0 Å². The molecule has 0 N–H and O–H groups in total. The largest absolute Gasteiger partial charge is 0.456 e. The van der Waals surface area contributed by atoms with Crippen LogP contribution in [0.5, 0.6) is 0 Å². The van der Waals surface area contributed by atoms with Crippen LogP contribution in [0.4, 0.5) is 0 Å². The molecule has 0 saturated heterocycles. The minimum Gasteiger partial charge on any atom is -0.456 e. The summed E-state index contributed by atoms with van der Waals surface area (Å²) in [7, 11) is 0. The lowest BCUT2D eigenvalue weighted by atomic mass is 9.91. The van der Waals surface area contributed by atoms with E-state index in [1.54, 1.807) is 0 Å². The molecule has 0 amide bonds. The average molecular weight is 830 g/mol. The Kier molecular flexibility index (Phi) is 9.46. The summed E-state index contributed by atoms with van der Waals surface area (Å²) in [5, 5.41) is 4.67. The van der Waals surface area contributed by atoms with Crippen molar-refractivity contribution in [1.82, 2.24) is 15.0 Å². The van der Waals surface area contributed by atoms with Gasteiger partial charge in [0.25, 0.3) is 0 Å². The fourth-order valence-corrected chi connectivity index (χ4v) is 9.12.